The number of ether oxygens (including phenoxy) is 3. The van der Waals surface area contributed by atoms with Gasteiger partial charge in [0, 0.05) is 0 Å². The molecule has 0 bridgehead atoms. The Hall–Kier alpha value is -2.77. The molecule has 1 aromatic carbocycles. The van der Waals surface area contributed by atoms with E-state index in [1.54, 1.807) is 25.1 Å². The quantitative estimate of drug-likeness (QED) is 0.509. The summed E-state index contributed by atoms with van der Waals surface area (Å²) in [4.78, 5) is 39.5. The third kappa shape index (κ3) is 4.54. The summed E-state index contributed by atoms with van der Waals surface area (Å²) in [6.45, 7) is 7.62. The number of nitrogens with one attached hydrogen (secondary N) is 1. The fourth-order valence-corrected chi connectivity index (χ4v) is 4.77. The topological polar surface area (TPSA) is 94.2 Å². The van der Waals surface area contributed by atoms with Gasteiger partial charge in [-0.15, -0.1) is 0 Å². The van der Waals surface area contributed by atoms with E-state index in [1.807, 2.05) is 0 Å². The largest absolute Gasteiger partial charge is 0.493 e. The third-order valence-corrected chi connectivity index (χ3v) is 6.77. The molecule has 1 N–H and O–H groups in total. The molecule has 0 spiro atoms. The molecule has 3 amide bonds. The van der Waals surface area contributed by atoms with Gasteiger partial charge in [0.2, 0.25) is 0 Å². The van der Waals surface area contributed by atoms with Crippen LogP contribution in [0.3, 0.4) is 0 Å². The van der Waals surface area contributed by atoms with Crippen LogP contribution in [0.1, 0.15) is 52.5 Å². The number of esters is 1. The number of hydrogen-bond acceptors (Lipinski definition) is 6. The number of hydrogen-bond donors (Lipinski definition) is 1. The second-order valence-corrected chi connectivity index (χ2v) is 9.37. The summed E-state index contributed by atoms with van der Waals surface area (Å²) in [5, 5.41) is 2.71. The fourth-order valence-electron chi connectivity index (χ4n) is 4.77. The summed E-state index contributed by atoms with van der Waals surface area (Å²) in [7, 11) is 3.02. The molecule has 32 heavy (non-hydrogen) atoms. The Labute approximate surface area is 189 Å². The maximum absolute atomic E-state index is 13.2. The lowest BCUT2D eigenvalue weighted by Gasteiger charge is -2.36. The lowest BCUT2D eigenvalue weighted by atomic mass is 9.75. The van der Waals surface area contributed by atoms with Crippen molar-refractivity contribution in [1.82, 2.24) is 10.2 Å². The van der Waals surface area contributed by atoms with Crippen molar-refractivity contribution in [3.8, 4) is 11.5 Å². The number of amides is 3. The van der Waals surface area contributed by atoms with Crippen LogP contribution < -0.4 is 14.8 Å². The van der Waals surface area contributed by atoms with Crippen molar-refractivity contribution in [2.45, 2.75) is 58.6 Å². The minimum atomic E-state index is -1.32. The highest BCUT2D eigenvalue weighted by Gasteiger charge is 2.50. The molecule has 8 heteroatoms. The van der Waals surface area contributed by atoms with Gasteiger partial charge in [-0.05, 0) is 55.2 Å². The maximum Gasteiger partial charge on any atom is 0.326 e. The van der Waals surface area contributed by atoms with Gasteiger partial charge < -0.3 is 19.5 Å². The Balaban J connectivity index is 1.74. The molecule has 1 saturated carbocycles. The SMILES string of the molecule is COc1ccc(C2(C)NC(=O)N(CC(=O)OC3CC(C)CCC3C(C)C)C2=O)cc1OC. The second kappa shape index (κ2) is 9.38. The van der Waals surface area contributed by atoms with Crippen LogP contribution in [-0.4, -0.2) is 49.7 Å². The average Bonchev–Trinajstić information content (AvgIpc) is 2.96. The number of urea groups is 1. The van der Waals surface area contributed by atoms with Crippen LogP contribution in [0.15, 0.2) is 18.2 Å². The highest BCUT2D eigenvalue weighted by Crippen LogP contribution is 2.37. The third-order valence-electron chi connectivity index (χ3n) is 6.77. The molecule has 8 nitrogen and oxygen atoms in total. The van der Waals surface area contributed by atoms with Crippen molar-refractivity contribution in [3.05, 3.63) is 23.8 Å². The molecule has 0 aromatic heterocycles. The monoisotopic (exact) mass is 446 g/mol. The summed E-state index contributed by atoms with van der Waals surface area (Å²) in [5.74, 6) is 1.04. The fraction of sp³-hybridized carbons (Fsp3) is 0.625. The zero-order chi connectivity index (χ0) is 23.6. The van der Waals surface area contributed by atoms with E-state index < -0.39 is 30.0 Å². The number of carbonyl (C=O) groups is 3. The van der Waals surface area contributed by atoms with Crippen LogP contribution in [0.2, 0.25) is 0 Å². The van der Waals surface area contributed by atoms with Crippen molar-refractivity contribution in [1.29, 1.82) is 0 Å². The molecule has 1 heterocycles. The standard InChI is InChI=1S/C24H34N2O6/c1-14(2)17-9-7-15(3)11-19(17)32-21(27)13-26-22(28)24(4,25-23(26)29)16-8-10-18(30-5)20(12-16)31-6/h8,10,12,14-15,17,19H,7,9,11,13H2,1-6H3,(H,25,29). The van der Waals surface area contributed by atoms with Gasteiger partial charge in [-0.1, -0.05) is 33.3 Å². The van der Waals surface area contributed by atoms with Gasteiger partial charge in [0.15, 0.2) is 11.5 Å². The summed E-state index contributed by atoms with van der Waals surface area (Å²) < 4.78 is 16.4. The Morgan fingerprint density at radius 1 is 1.19 bits per heavy atom. The van der Waals surface area contributed by atoms with Crippen LogP contribution in [0.25, 0.3) is 0 Å². The van der Waals surface area contributed by atoms with Gasteiger partial charge in [-0.3, -0.25) is 14.5 Å². The molecular formula is C24H34N2O6. The van der Waals surface area contributed by atoms with E-state index in [2.05, 4.69) is 26.1 Å². The van der Waals surface area contributed by atoms with Crippen molar-refractivity contribution in [3.63, 3.8) is 0 Å². The van der Waals surface area contributed by atoms with Crippen LogP contribution in [0.4, 0.5) is 4.79 Å². The first kappa shape index (κ1) is 23.9. The molecule has 176 valence electrons. The van der Waals surface area contributed by atoms with E-state index in [0.29, 0.717) is 28.9 Å². The van der Waals surface area contributed by atoms with Crippen molar-refractivity contribution in [2.75, 3.05) is 20.8 Å². The normalized spacial score (nSPS) is 28.0. The summed E-state index contributed by atoms with van der Waals surface area (Å²) in [6.07, 6.45) is 2.74. The van der Waals surface area contributed by atoms with Gasteiger partial charge in [0.1, 0.15) is 18.2 Å². The van der Waals surface area contributed by atoms with Gasteiger partial charge >= 0.3 is 12.0 Å². The summed E-state index contributed by atoms with van der Waals surface area (Å²) >= 11 is 0. The average molecular weight is 447 g/mol. The molecule has 1 aromatic rings. The van der Waals surface area contributed by atoms with E-state index >= 15 is 0 Å². The van der Waals surface area contributed by atoms with Gasteiger partial charge in [-0.2, -0.15) is 0 Å². The zero-order valence-corrected chi connectivity index (χ0v) is 19.8. The number of benzene rings is 1. The molecule has 2 aliphatic rings. The zero-order valence-electron chi connectivity index (χ0n) is 19.8. The lowest BCUT2D eigenvalue weighted by Crippen LogP contribution is -2.43. The first-order chi connectivity index (χ1) is 15.1. The van der Waals surface area contributed by atoms with E-state index in [4.69, 9.17) is 14.2 Å². The number of imide groups is 1. The Kier molecular flexibility index (Phi) is 7.00. The maximum atomic E-state index is 13.2. The lowest BCUT2D eigenvalue weighted by molar-refractivity contribution is -0.158. The highest BCUT2D eigenvalue weighted by molar-refractivity contribution is 6.08. The molecule has 1 aliphatic heterocycles. The summed E-state index contributed by atoms with van der Waals surface area (Å²) in [5.41, 5.74) is -0.790. The van der Waals surface area contributed by atoms with E-state index in [0.717, 1.165) is 24.2 Å². The van der Waals surface area contributed by atoms with Gasteiger partial charge in [0.25, 0.3) is 5.91 Å². The molecule has 4 unspecified atom stereocenters. The second-order valence-electron chi connectivity index (χ2n) is 9.37. The smallest absolute Gasteiger partial charge is 0.326 e. The predicted molar refractivity (Wildman–Crippen MR) is 118 cm³/mol. The van der Waals surface area contributed by atoms with E-state index in [9.17, 15) is 14.4 Å². The van der Waals surface area contributed by atoms with Crippen LogP contribution in [0.5, 0.6) is 11.5 Å². The summed E-state index contributed by atoms with van der Waals surface area (Å²) in [6, 6.07) is 4.39. The number of rotatable bonds is 7. The molecule has 1 aliphatic carbocycles. The highest BCUT2D eigenvalue weighted by atomic mass is 16.5. The Bertz CT molecular complexity index is 885. The number of nitrogens with zero attached hydrogens (tertiary/aromatic N) is 1. The van der Waals surface area contributed by atoms with Gasteiger partial charge in [-0.25, -0.2) is 4.79 Å². The molecular weight excluding hydrogens is 412 g/mol. The number of carbonyl (C=O) groups excluding carboxylic acids is 3. The van der Waals surface area contributed by atoms with E-state index in [-0.39, 0.29) is 12.0 Å². The molecule has 4 atom stereocenters. The first-order valence-electron chi connectivity index (χ1n) is 11.2. The first-order valence-corrected chi connectivity index (χ1v) is 11.2. The van der Waals surface area contributed by atoms with E-state index in [1.165, 1.54) is 14.2 Å². The van der Waals surface area contributed by atoms with Crippen LogP contribution in [0, 0.1) is 17.8 Å². The van der Waals surface area contributed by atoms with Gasteiger partial charge in [0.05, 0.1) is 14.2 Å². The minimum Gasteiger partial charge on any atom is -0.493 e. The van der Waals surface area contributed by atoms with Crippen molar-refractivity contribution >= 4 is 17.9 Å². The minimum absolute atomic E-state index is 0.191. The Morgan fingerprint density at radius 2 is 1.88 bits per heavy atom. The number of methoxy groups -OCH3 is 2. The molecule has 0 radical (unpaired) electrons. The molecule has 2 fully saturated rings. The Morgan fingerprint density at radius 3 is 2.50 bits per heavy atom. The van der Waals surface area contributed by atoms with Crippen LogP contribution in [-0.2, 0) is 19.9 Å². The molecule has 3 rings (SSSR count). The predicted octanol–water partition coefficient (Wildman–Crippen LogP) is 3.47. The van der Waals surface area contributed by atoms with Crippen molar-refractivity contribution < 1.29 is 28.6 Å². The van der Waals surface area contributed by atoms with Crippen LogP contribution >= 0.6 is 0 Å². The van der Waals surface area contributed by atoms with Crippen molar-refractivity contribution in [2.24, 2.45) is 17.8 Å². The molecule has 1 saturated heterocycles.